The number of nitrogens with zero attached hydrogens (tertiary/aromatic N) is 2. The summed E-state index contributed by atoms with van der Waals surface area (Å²) in [6.45, 7) is 1.83. The molecule has 0 aromatic heterocycles. The molecule has 4 aliphatic heterocycles. The van der Waals surface area contributed by atoms with E-state index in [1.807, 2.05) is 24.3 Å². The Labute approximate surface area is 264 Å². The number of likely N-dealkylation sites (N-methyl/N-ethyl adjacent to an activating group) is 2. The van der Waals surface area contributed by atoms with Gasteiger partial charge in [0, 0.05) is 30.7 Å². The van der Waals surface area contributed by atoms with E-state index in [0.29, 0.717) is 40.9 Å². The molecule has 0 saturated carbocycles. The Bertz CT molecular complexity index is 1740. The summed E-state index contributed by atoms with van der Waals surface area (Å²) in [7, 11) is 9.29. The molecule has 0 saturated heterocycles. The molecule has 0 spiro atoms. The summed E-state index contributed by atoms with van der Waals surface area (Å²) in [5.74, 6) is 4.36. The first kappa shape index (κ1) is 29.3. The van der Waals surface area contributed by atoms with Gasteiger partial charge in [-0.15, -0.1) is 0 Å². The van der Waals surface area contributed by atoms with Gasteiger partial charge < -0.3 is 28.8 Å². The Balaban J connectivity index is 1.42. The number of methoxy groups -OCH3 is 3. The number of phenolic OH excluding ortho intramolecular Hbond substituents is 1. The molecule has 6 bridgehead atoms. The fraction of sp³-hybridized carbons (Fsp3) is 0.351. The molecule has 0 unspecified atom stereocenters. The smallest absolute Gasteiger partial charge is 0.204 e. The molecule has 0 amide bonds. The van der Waals surface area contributed by atoms with Crippen LogP contribution in [0.2, 0.25) is 0 Å². The summed E-state index contributed by atoms with van der Waals surface area (Å²) < 4.78 is 30.8. The second kappa shape index (κ2) is 11.8. The number of ether oxygens (including phenoxy) is 5. The number of rotatable bonds is 3. The highest BCUT2D eigenvalue weighted by Crippen LogP contribution is 2.50. The van der Waals surface area contributed by atoms with Crippen LogP contribution in [-0.4, -0.2) is 63.4 Å². The molecule has 4 aromatic carbocycles. The van der Waals surface area contributed by atoms with Crippen molar-refractivity contribution in [3.05, 3.63) is 94.0 Å². The van der Waals surface area contributed by atoms with E-state index in [1.54, 1.807) is 27.4 Å². The lowest BCUT2D eigenvalue weighted by molar-refractivity contribution is 0.221. The van der Waals surface area contributed by atoms with Crippen molar-refractivity contribution < 1.29 is 28.8 Å². The van der Waals surface area contributed by atoms with E-state index in [-0.39, 0.29) is 17.8 Å². The molecule has 4 aliphatic rings. The summed E-state index contributed by atoms with van der Waals surface area (Å²) in [4.78, 5) is 4.74. The zero-order valence-corrected chi connectivity index (χ0v) is 26.6. The van der Waals surface area contributed by atoms with E-state index in [1.165, 1.54) is 22.3 Å². The summed E-state index contributed by atoms with van der Waals surface area (Å²) in [5.41, 5.74) is 6.93. The lowest BCUT2D eigenvalue weighted by Crippen LogP contribution is -2.34. The van der Waals surface area contributed by atoms with Crippen molar-refractivity contribution >= 4 is 0 Å². The molecule has 0 radical (unpaired) electrons. The third kappa shape index (κ3) is 5.32. The fourth-order valence-electron chi connectivity index (χ4n) is 7.11. The quantitative estimate of drug-likeness (QED) is 0.271. The van der Waals surface area contributed by atoms with Crippen LogP contribution in [0.5, 0.6) is 46.0 Å². The molecule has 4 aromatic rings. The van der Waals surface area contributed by atoms with Crippen LogP contribution in [0.1, 0.15) is 45.5 Å². The van der Waals surface area contributed by atoms with E-state index in [9.17, 15) is 5.11 Å². The molecule has 2 atom stereocenters. The Morgan fingerprint density at radius 3 is 2.09 bits per heavy atom. The molecule has 45 heavy (non-hydrogen) atoms. The van der Waals surface area contributed by atoms with Crippen molar-refractivity contribution in [3.8, 4) is 46.0 Å². The Kier molecular flexibility index (Phi) is 7.71. The molecule has 0 aliphatic carbocycles. The van der Waals surface area contributed by atoms with Crippen LogP contribution >= 0.6 is 0 Å². The Hall–Kier alpha value is -4.40. The largest absolute Gasteiger partial charge is 0.504 e. The van der Waals surface area contributed by atoms with Gasteiger partial charge in [-0.25, -0.2) is 0 Å². The second-order valence-corrected chi connectivity index (χ2v) is 12.3. The third-order valence-corrected chi connectivity index (χ3v) is 9.64. The SMILES string of the molecule is COc1cc2c3cc1Oc1cc(ccc1O)C[C@@H]1c4c(cc(OC)c(OC)c4Oc4ccc(cc4)C[C@H]3N(C)CC2)CCN1C. The van der Waals surface area contributed by atoms with Crippen molar-refractivity contribution in [1.82, 2.24) is 9.80 Å². The van der Waals surface area contributed by atoms with Gasteiger partial charge in [0.2, 0.25) is 5.75 Å². The second-order valence-electron chi connectivity index (χ2n) is 12.3. The van der Waals surface area contributed by atoms with Crippen molar-refractivity contribution in [2.75, 3.05) is 48.5 Å². The van der Waals surface area contributed by atoms with Gasteiger partial charge in [-0.2, -0.15) is 0 Å². The highest BCUT2D eigenvalue weighted by Gasteiger charge is 2.34. The highest BCUT2D eigenvalue weighted by atomic mass is 16.5. The van der Waals surface area contributed by atoms with Gasteiger partial charge in [0.1, 0.15) is 5.75 Å². The topological polar surface area (TPSA) is 72.9 Å². The standard InChI is InChI=1S/C37H40N2O6/c1-38-14-12-24-19-32(41-3)33-21-27(24)28(38)16-22-6-9-26(10-7-22)44-37-35-25(20-34(42-4)36(37)43-5)13-15-39(2)29(35)17-23-8-11-30(40)31(18-23)45-33/h6-11,18-21,28-29,40H,12-17H2,1-5H3/t28-,29-/m1/s1. The minimum atomic E-state index is -0.0197. The number of phenols is 1. The predicted octanol–water partition coefficient (Wildman–Crippen LogP) is 6.86. The molecule has 4 heterocycles. The van der Waals surface area contributed by atoms with Crippen LogP contribution in [-0.2, 0) is 25.7 Å². The van der Waals surface area contributed by atoms with Gasteiger partial charge in [0.25, 0.3) is 0 Å². The summed E-state index contributed by atoms with van der Waals surface area (Å²) in [6, 6.07) is 20.4. The zero-order valence-electron chi connectivity index (χ0n) is 26.6. The molecule has 0 fully saturated rings. The van der Waals surface area contributed by atoms with Crippen LogP contribution in [0.3, 0.4) is 0 Å². The van der Waals surface area contributed by atoms with E-state index in [4.69, 9.17) is 23.7 Å². The van der Waals surface area contributed by atoms with Gasteiger partial charge >= 0.3 is 0 Å². The summed E-state index contributed by atoms with van der Waals surface area (Å²) >= 11 is 0. The first-order chi connectivity index (χ1) is 21.9. The van der Waals surface area contributed by atoms with Gasteiger partial charge in [0.05, 0.1) is 21.3 Å². The maximum absolute atomic E-state index is 11.0. The normalized spacial score (nSPS) is 19.4. The third-order valence-electron chi connectivity index (χ3n) is 9.64. The van der Waals surface area contributed by atoms with Crippen LogP contribution in [0.25, 0.3) is 0 Å². The van der Waals surface area contributed by atoms with E-state index < -0.39 is 0 Å². The number of hydrogen-bond acceptors (Lipinski definition) is 8. The van der Waals surface area contributed by atoms with Crippen molar-refractivity contribution in [1.29, 1.82) is 0 Å². The molecule has 8 rings (SSSR count). The summed E-state index contributed by atoms with van der Waals surface area (Å²) in [6.07, 6.45) is 3.27. The van der Waals surface area contributed by atoms with E-state index >= 15 is 0 Å². The maximum Gasteiger partial charge on any atom is 0.204 e. The molecule has 8 nitrogen and oxygen atoms in total. The average Bonchev–Trinajstić information content (AvgIpc) is 3.05. The van der Waals surface area contributed by atoms with Crippen molar-refractivity contribution in [2.45, 2.75) is 37.8 Å². The molecule has 234 valence electrons. The first-order valence-electron chi connectivity index (χ1n) is 15.5. The zero-order chi connectivity index (χ0) is 31.2. The number of benzene rings is 4. The minimum absolute atomic E-state index is 0.0197. The molecular weight excluding hydrogens is 568 g/mol. The van der Waals surface area contributed by atoms with Crippen LogP contribution in [0.4, 0.5) is 0 Å². The van der Waals surface area contributed by atoms with E-state index in [0.717, 1.165) is 49.2 Å². The molecule has 8 heteroatoms. The Morgan fingerprint density at radius 1 is 0.689 bits per heavy atom. The first-order valence-corrected chi connectivity index (χ1v) is 15.5. The van der Waals surface area contributed by atoms with Crippen LogP contribution in [0.15, 0.2) is 60.7 Å². The van der Waals surface area contributed by atoms with E-state index in [2.05, 4.69) is 54.2 Å². The summed E-state index contributed by atoms with van der Waals surface area (Å²) in [5, 5.41) is 11.0. The van der Waals surface area contributed by atoms with Gasteiger partial charge in [-0.05, 0) is 110 Å². The Morgan fingerprint density at radius 2 is 1.36 bits per heavy atom. The van der Waals surface area contributed by atoms with Crippen LogP contribution in [0, 0.1) is 0 Å². The average molecular weight is 609 g/mol. The van der Waals surface area contributed by atoms with Gasteiger partial charge in [0.15, 0.2) is 34.5 Å². The predicted molar refractivity (Wildman–Crippen MR) is 173 cm³/mol. The maximum atomic E-state index is 11.0. The number of aromatic hydroxyl groups is 1. The van der Waals surface area contributed by atoms with Gasteiger partial charge in [-0.3, -0.25) is 9.80 Å². The van der Waals surface area contributed by atoms with Crippen molar-refractivity contribution in [3.63, 3.8) is 0 Å². The van der Waals surface area contributed by atoms with Crippen molar-refractivity contribution in [2.24, 2.45) is 0 Å². The van der Waals surface area contributed by atoms with Crippen LogP contribution < -0.4 is 23.7 Å². The monoisotopic (exact) mass is 608 g/mol. The lowest BCUT2D eigenvalue weighted by atomic mass is 9.87. The number of fused-ring (bicyclic) bond motifs is 2. The minimum Gasteiger partial charge on any atom is -0.504 e. The highest BCUT2D eigenvalue weighted by molar-refractivity contribution is 5.62. The van der Waals surface area contributed by atoms with Gasteiger partial charge in [-0.1, -0.05) is 18.2 Å². The fourth-order valence-corrected chi connectivity index (χ4v) is 7.11. The molecular formula is C37H40N2O6. The molecule has 1 N–H and O–H groups in total. The number of hydrogen-bond donors (Lipinski definition) is 1. The lowest BCUT2D eigenvalue weighted by Gasteiger charge is -2.37.